The number of carbonyl (C=O) groups is 1. The number of aliphatic hydroxyl groups is 1. The van der Waals surface area contributed by atoms with E-state index in [-0.39, 0.29) is 28.8 Å². The Labute approximate surface area is 194 Å². The Morgan fingerprint density at radius 3 is 2.38 bits per heavy atom. The lowest BCUT2D eigenvalue weighted by Crippen LogP contribution is -2.58. The van der Waals surface area contributed by atoms with Crippen LogP contribution in [0.5, 0.6) is 0 Å². The van der Waals surface area contributed by atoms with Gasteiger partial charge in [0.15, 0.2) is 0 Å². The first-order valence-electron chi connectivity index (χ1n) is 11.6. The largest absolute Gasteiger partial charge is 0.393 e. The molecule has 7 nitrogen and oxygen atoms in total. The molecule has 0 radical (unpaired) electrons. The number of morpholine rings is 1. The van der Waals surface area contributed by atoms with E-state index >= 15 is 0 Å². The second-order valence-corrected chi connectivity index (χ2v) is 12.1. The van der Waals surface area contributed by atoms with E-state index in [1.807, 2.05) is 4.90 Å². The zero-order chi connectivity index (χ0) is 22.5. The van der Waals surface area contributed by atoms with Crippen molar-refractivity contribution in [3.8, 4) is 0 Å². The first kappa shape index (κ1) is 22.6. The summed E-state index contributed by atoms with van der Waals surface area (Å²) in [4.78, 5) is 15.2. The second-order valence-electron chi connectivity index (χ2n) is 9.87. The van der Waals surface area contributed by atoms with Gasteiger partial charge in [0.05, 0.1) is 24.2 Å². The minimum Gasteiger partial charge on any atom is -0.393 e. The number of halogens is 1. The van der Waals surface area contributed by atoms with Crippen molar-refractivity contribution < 1.29 is 23.1 Å². The fourth-order valence-electron chi connectivity index (χ4n) is 5.56. The van der Waals surface area contributed by atoms with Crippen LogP contribution in [0.1, 0.15) is 44.9 Å². The van der Waals surface area contributed by atoms with Crippen LogP contribution in [0.25, 0.3) is 0 Å². The number of benzene rings is 1. The van der Waals surface area contributed by atoms with E-state index in [0.717, 1.165) is 25.7 Å². The van der Waals surface area contributed by atoms with Crippen molar-refractivity contribution >= 4 is 27.5 Å². The molecule has 1 aromatic rings. The summed E-state index contributed by atoms with van der Waals surface area (Å²) in [5.74, 6) is 0.345. The van der Waals surface area contributed by atoms with E-state index in [2.05, 4.69) is 0 Å². The summed E-state index contributed by atoms with van der Waals surface area (Å²) in [6.45, 7) is 2.25. The molecular formula is C23H31ClN2O5S. The third-order valence-corrected chi connectivity index (χ3v) is 9.86. The number of ether oxygens (including phenoxy) is 1. The lowest BCUT2D eigenvalue weighted by atomic mass is 9.82. The summed E-state index contributed by atoms with van der Waals surface area (Å²) in [6.07, 6.45) is 4.21. The number of carbonyl (C=O) groups excluding carboxylic acids is 1. The number of piperidine rings is 1. The van der Waals surface area contributed by atoms with Crippen LogP contribution < -0.4 is 0 Å². The van der Waals surface area contributed by atoms with E-state index in [1.54, 1.807) is 28.6 Å². The zero-order valence-electron chi connectivity index (χ0n) is 18.2. The molecule has 2 saturated heterocycles. The molecule has 0 unspecified atom stereocenters. The highest BCUT2D eigenvalue weighted by atomic mass is 35.5. The Bertz CT molecular complexity index is 955. The van der Waals surface area contributed by atoms with Gasteiger partial charge in [-0.05, 0) is 74.1 Å². The summed E-state index contributed by atoms with van der Waals surface area (Å²) in [7, 11) is -3.79. The average molecular weight is 483 g/mol. The van der Waals surface area contributed by atoms with Crippen LogP contribution >= 0.6 is 11.6 Å². The molecule has 4 aliphatic rings. The van der Waals surface area contributed by atoms with Crippen molar-refractivity contribution in [1.29, 1.82) is 0 Å². The quantitative estimate of drug-likeness (QED) is 0.673. The topological polar surface area (TPSA) is 87.2 Å². The molecule has 2 aliphatic carbocycles. The first-order valence-corrected chi connectivity index (χ1v) is 13.4. The van der Waals surface area contributed by atoms with Crippen molar-refractivity contribution in [2.24, 2.45) is 11.3 Å². The van der Waals surface area contributed by atoms with E-state index in [1.165, 1.54) is 0 Å². The van der Waals surface area contributed by atoms with Crippen molar-refractivity contribution in [2.75, 3.05) is 26.3 Å². The van der Waals surface area contributed by atoms with Crippen LogP contribution in [-0.4, -0.2) is 73.1 Å². The van der Waals surface area contributed by atoms with Gasteiger partial charge in [-0.2, -0.15) is 4.31 Å². The number of hydrogen-bond donors (Lipinski definition) is 1. The average Bonchev–Trinajstić information content (AvgIpc) is 3.69. The van der Waals surface area contributed by atoms with Crippen molar-refractivity contribution in [3.05, 3.63) is 29.3 Å². The van der Waals surface area contributed by atoms with Crippen LogP contribution in [0.15, 0.2) is 29.2 Å². The van der Waals surface area contributed by atoms with Gasteiger partial charge < -0.3 is 14.7 Å². The van der Waals surface area contributed by atoms with Crippen LogP contribution in [-0.2, 0) is 19.6 Å². The summed E-state index contributed by atoms with van der Waals surface area (Å²) < 4.78 is 34.9. The first-order chi connectivity index (χ1) is 15.3. The van der Waals surface area contributed by atoms with Gasteiger partial charge in [-0.1, -0.05) is 11.6 Å². The molecule has 0 spiro atoms. The Morgan fingerprint density at radius 2 is 1.78 bits per heavy atom. The van der Waals surface area contributed by atoms with E-state index in [0.29, 0.717) is 50.6 Å². The maximum Gasteiger partial charge on any atom is 0.243 e. The Morgan fingerprint density at radius 1 is 1.12 bits per heavy atom. The molecule has 0 bridgehead atoms. The van der Waals surface area contributed by atoms with Gasteiger partial charge in [-0.25, -0.2) is 8.42 Å². The number of aliphatic hydroxyl groups excluding tert-OH is 1. The van der Waals surface area contributed by atoms with Gasteiger partial charge in [0.1, 0.15) is 0 Å². The Kier molecular flexibility index (Phi) is 6.03. The molecule has 176 valence electrons. The molecular weight excluding hydrogens is 452 g/mol. The molecule has 1 N–H and O–H groups in total. The van der Waals surface area contributed by atoms with Crippen LogP contribution in [0.4, 0.5) is 0 Å². The third-order valence-electron chi connectivity index (χ3n) is 7.66. The summed E-state index contributed by atoms with van der Waals surface area (Å²) in [5, 5.41) is 11.2. The fraction of sp³-hybridized carbons (Fsp3) is 0.696. The molecule has 2 aliphatic heterocycles. The van der Waals surface area contributed by atoms with Crippen molar-refractivity contribution in [2.45, 2.75) is 68.0 Å². The van der Waals surface area contributed by atoms with Crippen LogP contribution in [0.2, 0.25) is 5.02 Å². The number of rotatable bonds is 6. The Balaban J connectivity index is 1.47. The highest BCUT2D eigenvalue weighted by molar-refractivity contribution is 7.89. The minimum atomic E-state index is -3.79. The zero-order valence-corrected chi connectivity index (χ0v) is 19.7. The SMILES string of the molecule is O=C(CC1([C@H]2C[C@@H](O)C[C@@H](C3CC3)N2S(=O)(=O)c2ccc(Cl)cc2)CC1)N1CCOCC1. The van der Waals surface area contributed by atoms with E-state index in [4.69, 9.17) is 16.3 Å². The summed E-state index contributed by atoms with van der Waals surface area (Å²) in [6, 6.07) is 5.72. The molecule has 3 atom stereocenters. The monoisotopic (exact) mass is 482 g/mol. The van der Waals surface area contributed by atoms with Crippen molar-refractivity contribution in [1.82, 2.24) is 9.21 Å². The number of nitrogens with zero attached hydrogens (tertiary/aromatic N) is 2. The standard InChI is InChI=1S/C23H31ClN2O5S/c24-17-3-5-19(6-4-17)32(29,30)26-20(16-1-2-16)13-18(27)14-21(26)23(7-8-23)15-22(28)25-9-11-31-12-10-25/h3-6,16,18,20-21,27H,1-2,7-15H2/t18-,20-,21+/m0/s1. The molecule has 1 aromatic carbocycles. The molecule has 0 aromatic heterocycles. The van der Waals surface area contributed by atoms with Crippen LogP contribution in [0, 0.1) is 11.3 Å². The highest BCUT2D eigenvalue weighted by Gasteiger charge is 2.60. The lowest BCUT2D eigenvalue weighted by Gasteiger charge is -2.47. The van der Waals surface area contributed by atoms with Gasteiger partial charge >= 0.3 is 0 Å². The molecule has 2 heterocycles. The predicted molar refractivity (Wildman–Crippen MR) is 120 cm³/mol. The molecule has 9 heteroatoms. The number of hydrogen-bond acceptors (Lipinski definition) is 5. The molecule has 1 amide bonds. The van der Waals surface area contributed by atoms with E-state index < -0.39 is 21.5 Å². The fourth-order valence-corrected chi connectivity index (χ4v) is 7.67. The number of sulfonamides is 1. The normalized spacial score (nSPS) is 30.8. The number of amides is 1. The van der Waals surface area contributed by atoms with Gasteiger partial charge in [-0.15, -0.1) is 0 Å². The van der Waals surface area contributed by atoms with Crippen LogP contribution in [0.3, 0.4) is 0 Å². The minimum absolute atomic E-state index is 0.0673. The Hall–Kier alpha value is -1.19. The maximum absolute atomic E-state index is 13.9. The third kappa shape index (κ3) is 4.32. The molecule has 32 heavy (non-hydrogen) atoms. The maximum atomic E-state index is 13.9. The molecule has 2 saturated carbocycles. The van der Waals surface area contributed by atoms with Crippen molar-refractivity contribution in [3.63, 3.8) is 0 Å². The van der Waals surface area contributed by atoms with E-state index in [9.17, 15) is 18.3 Å². The second kappa shape index (κ2) is 8.55. The summed E-state index contributed by atoms with van der Waals surface area (Å²) in [5.41, 5.74) is -0.399. The van der Waals surface area contributed by atoms with Gasteiger partial charge in [0.2, 0.25) is 15.9 Å². The van der Waals surface area contributed by atoms with Gasteiger partial charge in [0, 0.05) is 36.6 Å². The van der Waals surface area contributed by atoms with Gasteiger partial charge in [0.25, 0.3) is 0 Å². The van der Waals surface area contributed by atoms with Gasteiger partial charge in [-0.3, -0.25) is 4.79 Å². The summed E-state index contributed by atoms with van der Waals surface area (Å²) >= 11 is 6.01. The predicted octanol–water partition coefficient (Wildman–Crippen LogP) is 2.66. The lowest BCUT2D eigenvalue weighted by molar-refractivity contribution is -0.137. The molecule has 4 fully saturated rings. The highest BCUT2D eigenvalue weighted by Crippen LogP contribution is 2.58. The molecule has 5 rings (SSSR count). The smallest absolute Gasteiger partial charge is 0.243 e.